The van der Waals surface area contributed by atoms with Gasteiger partial charge < -0.3 is 9.31 Å². The fraction of sp³-hybridized carbons (Fsp3) is 0.300. The molecular weight excluding hydrogens is 775 g/mol. The Labute approximate surface area is 331 Å². The highest BCUT2D eigenvalue weighted by atomic mass is 79.9. The maximum absolute atomic E-state index is 13.5. The van der Waals surface area contributed by atoms with Crippen LogP contribution in [-0.4, -0.2) is 71.4 Å². The molecule has 7 heterocycles. The van der Waals surface area contributed by atoms with Crippen LogP contribution < -0.4 is 15.3 Å². The first-order chi connectivity index (χ1) is 26.9. The number of nitrogens with zero attached hydrogens (tertiary/aromatic N) is 10. The number of nitriles is 2. The van der Waals surface area contributed by atoms with Gasteiger partial charge in [0.25, 0.3) is 11.8 Å². The standard InChI is InChI=1S/C23H24BN5O3.C17H12BrN5O/c1-22(2)23(3,4)32-24(31-22)18-14-27-28-10-9-16(11-19(18)28)21(30)29(17-6-7-17)20-8-5-15(12-25)13-26-20;18-14-10-21-22-6-5-12(7-15(14)22)17(24)23(13-2-3-13)16-4-1-11(8-19)9-20-16/h5,8-11,13-14,17H,6-7H2,1-4H3;1,4-7,9-10,13H,2-3H2. The van der Waals surface area contributed by atoms with Crippen LogP contribution in [0.5, 0.6) is 0 Å². The predicted molar refractivity (Wildman–Crippen MR) is 211 cm³/mol. The van der Waals surface area contributed by atoms with Gasteiger partial charge in [0, 0.05) is 59.7 Å². The number of hydrogen-bond donors (Lipinski definition) is 0. The van der Waals surface area contributed by atoms with Crippen LogP contribution in [0.3, 0.4) is 0 Å². The summed E-state index contributed by atoms with van der Waals surface area (Å²) in [4.78, 5) is 38.6. The molecular formula is C40H36BBrN10O4. The molecule has 0 bridgehead atoms. The van der Waals surface area contributed by atoms with Crippen LogP contribution in [0.25, 0.3) is 11.0 Å². The summed E-state index contributed by atoms with van der Waals surface area (Å²) in [7, 11) is -0.567. The van der Waals surface area contributed by atoms with Crippen molar-refractivity contribution >= 4 is 63.0 Å². The van der Waals surface area contributed by atoms with Gasteiger partial charge in [0.2, 0.25) is 0 Å². The highest BCUT2D eigenvalue weighted by Gasteiger charge is 2.52. The monoisotopic (exact) mass is 810 g/mol. The van der Waals surface area contributed by atoms with E-state index in [1.807, 2.05) is 45.9 Å². The Hall–Kier alpha value is -5.94. The second-order valence-corrected chi connectivity index (χ2v) is 15.9. The lowest BCUT2D eigenvalue weighted by molar-refractivity contribution is 0.00578. The van der Waals surface area contributed by atoms with E-state index >= 15 is 0 Å². The molecule has 0 atom stereocenters. The van der Waals surface area contributed by atoms with Gasteiger partial charge in [-0.3, -0.25) is 19.4 Å². The maximum Gasteiger partial charge on any atom is 0.498 e. The zero-order chi connectivity index (χ0) is 39.4. The summed E-state index contributed by atoms with van der Waals surface area (Å²) < 4.78 is 16.7. The van der Waals surface area contributed by atoms with Crippen LogP contribution in [0, 0.1) is 22.7 Å². The minimum absolute atomic E-state index is 0.0923. The molecule has 3 fully saturated rings. The molecule has 0 spiro atoms. The summed E-state index contributed by atoms with van der Waals surface area (Å²) >= 11 is 3.44. The minimum atomic E-state index is -0.567. The van der Waals surface area contributed by atoms with Gasteiger partial charge in [-0.25, -0.2) is 19.0 Å². The lowest BCUT2D eigenvalue weighted by Gasteiger charge is -2.32. The maximum atomic E-state index is 13.5. The van der Waals surface area contributed by atoms with Gasteiger partial charge in [0.1, 0.15) is 23.8 Å². The number of rotatable bonds is 7. The zero-order valence-corrected chi connectivity index (χ0v) is 32.7. The molecule has 1 saturated heterocycles. The van der Waals surface area contributed by atoms with Gasteiger partial charge in [0.05, 0.1) is 44.0 Å². The van der Waals surface area contributed by atoms with Crippen molar-refractivity contribution < 1.29 is 18.9 Å². The Morgan fingerprint density at radius 2 is 1.20 bits per heavy atom. The lowest BCUT2D eigenvalue weighted by atomic mass is 9.80. The summed E-state index contributed by atoms with van der Waals surface area (Å²) in [5.74, 6) is 0.906. The van der Waals surface area contributed by atoms with Crippen LogP contribution in [0.4, 0.5) is 11.6 Å². The molecule has 3 aliphatic rings. The van der Waals surface area contributed by atoms with E-state index in [9.17, 15) is 9.59 Å². The Kier molecular flexibility index (Phi) is 9.44. The van der Waals surface area contributed by atoms with Crippen LogP contribution in [0.2, 0.25) is 0 Å². The third-order valence-electron chi connectivity index (χ3n) is 10.5. The third kappa shape index (κ3) is 7.03. The van der Waals surface area contributed by atoms with E-state index in [4.69, 9.17) is 19.8 Å². The van der Waals surface area contributed by atoms with Crippen molar-refractivity contribution in [1.29, 1.82) is 10.5 Å². The third-order valence-corrected chi connectivity index (χ3v) is 11.1. The van der Waals surface area contributed by atoms with E-state index in [1.54, 1.807) is 80.0 Å². The molecule has 0 unspecified atom stereocenters. The van der Waals surface area contributed by atoms with E-state index in [0.29, 0.717) is 33.9 Å². The average molecular weight is 812 g/mol. The highest BCUT2D eigenvalue weighted by Crippen LogP contribution is 2.37. The zero-order valence-electron chi connectivity index (χ0n) is 31.1. The number of carbonyl (C=O) groups excluding carboxylic acids is 2. The molecule has 0 radical (unpaired) electrons. The van der Waals surface area contributed by atoms with Crippen molar-refractivity contribution in [2.45, 2.75) is 76.7 Å². The Morgan fingerprint density at radius 1 is 0.732 bits per heavy atom. The summed E-state index contributed by atoms with van der Waals surface area (Å²) in [6.45, 7) is 8.02. The van der Waals surface area contributed by atoms with E-state index < -0.39 is 18.3 Å². The van der Waals surface area contributed by atoms with Crippen LogP contribution in [0.15, 0.2) is 90.2 Å². The van der Waals surface area contributed by atoms with Crippen molar-refractivity contribution in [3.63, 3.8) is 0 Å². The molecule has 1 aliphatic heterocycles. The molecule has 2 amide bonds. The molecule has 56 heavy (non-hydrogen) atoms. The highest BCUT2D eigenvalue weighted by molar-refractivity contribution is 9.10. The summed E-state index contributed by atoms with van der Waals surface area (Å²) in [5, 5.41) is 26.5. The van der Waals surface area contributed by atoms with E-state index in [2.05, 4.69) is 42.2 Å². The first-order valence-electron chi connectivity index (χ1n) is 18.2. The van der Waals surface area contributed by atoms with Crippen LogP contribution in [-0.2, 0) is 9.31 Å². The molecule has 6 aromatic rings. The van der Waals surface area contributed by atoms with Crippen molar-refractivity contribution in [1.82, 2.24) is 29.2 Å². The van der Waals surface area contributed by atoms with Gasteiger partial charge in [-0.15, -0.1) is 0 Å². The van der Waals surface area contributed by atoms with E-state index in [-0.39, 0.29) is 23.9 Å². The molecule has 6 aromatic heterocycles. The second-order valence-electron chi connectivity index (χ2n) is 15.0. The predicted octanol–water partition coefficient (Wildman–Crippen LogP) is 5.88. The van der Waals surface area contributed by atoms with Gasteiger partial charge >= 0.3 is 7.12 Å². The SMILES string of the molecule is CC1(C)OB(c2cnn3ccc(C(=O)N(c4ccc(C#N)cn4)C4CC4)cc23)OC1(C)C.N#Cc1ccc(N(C(=O)c2ccn3ncc(Br)c3c2)C2CC2)nc1. The number of halogens is 1. The van der Waals surface area contributed by atoms with Crippen molar-refractivity contribution in [3.05, 3.63) is 112 Å². The number of carbonyl (C=O) groups is 2. The Bertz CT molecular complexity index is 2550. The molecule has 2 aliphatic carbocycles. The molecule has 14 nitrogen and oxygen atoms in total. The molecule has 9 rings (SSSR count). The minimum Gasteiger partial charge on any atom is -0.399 e. The van der Waals surface area contributed by atoms with Crippen LogP contribution >= 0.6 is 15.9 Å². The van der Waals surface area contributed by atoms with Gasteiger partial charge in [-0.2, -0.15) is 20.7 Å². The lowest BCUT2D eigenvalue weighted by Crippen LogP contribution is -2.41. The topological polar surface area (TPSA) is 167 Å². The molecule has 280 valence electrons. The van der Waals surface area contributed by atoms with Crippen LogP contribution in [0.1, 0.15) is 85.2 Å². The van der Waals surface area contributed by atoms with E-state index in [0.717, 1.165) is 46.7 Å². The van der Waals surface area contributed by atoms with E-state index in [1.165, 1.54) is 12.4 Å². The first kappa shape index (κ1) is 37.0. The number of aromatic nitrogens is 6. The Balaban J connectivity index is 0.000000164. The van der Waals surface area contributed by atoms with Gasteiger partial charge in [-0.1, -0.05) is 0 Å². The quantitative estimate of drug-likeness (QED) is 0.178. The molecule has 2 saturated carbocycles. The van der Waals surface area contributed by atoms with Gasteiger partial charge in [-0.05, 0) is 118 Å². The number of pyridine rings is 4. The normalized spacial score (nSPS) is 16.8. The molecule has 0 aromatic carbocycles. The number of anilines is 2. The van der Waals surface area contributed by atoms with Gasteiger partial charge in [0.15, 0.2) is 0 Å². The molecule has 16 heteroatoms. The van der Waals surface area contributed by atoms with Crippen molar-refractivity contribution in [2.24, 2.45) is 0 Å². The smallest absolute Gasteiger partial charge is 0.399 e. The fourth-order valence-corrected chi connectivity index (χ4v) is 6.80. The fourth-order valence-electron chi connectivity index (χ4n) is 6.41. The number of amides is 2. The molecule has 0 N–H and O–H groups in total. The summed E-state index contributed by atoms with van der Waals surface area (Å²) in [6, 6.07) is 18.4. The summed E-state index contributed by atoms with van der Waals surface area (Å²) in [6.07, 6.45) is 13.8. The first-order valence-corrected chi connectivity index (χ1v) is 19.0. The second kappa shape index (κ2) is 14.3. The number of fused-ring (bicyclic) bond motifs is 2. The Morgan fingerprint density at radius 3 is 1.64 bits per heavy atom. The number of hydrogen-bond acceptors (Lipinski definition) is 10. The van der Waals surface area contributed by atoms with Crippen molar-refractivity contribution in [3.8, 4) is 12.1 Å². The largest absolute Gasteiger partial charge is 0.498 e. The summed E-state index contributed by atoms with van der Waals surface area (Å²) in [5.41, 5.74) is 3.51. The van der Waals surface area contributed by atoms with Crippen molar-refractivity contribution in [2.75, 3.05) is 9.80 Å². The average Bonchev–Trinajstić information content (AvgIpc) is 4.13.